The second-order valence-electron chi connectivity index (χ2n) is 6.39. The molecule has 20 heavy (non-hydrogen) atoms. The van der Waals surface area contributed by atoms with Crippen molar-refractivity contribution in [3.05, 3.63) is 0 Å². The summed E-state index contributed by atoms with van der Waals surface area (Å²) in [6.45, 7) is 6.93. The van der Waals surface area contributed by atoms with Gasteiger partial charge in [-0.1, -0.05) is 20.8 Å². The number of nitrogens with one attached hydrogen (secondary N) is 2. The van der Waals surface area contributed by atoms with Gasteiger partial charge in [-0.2, -0.15) is 0 Å². The Bertz CT molecular complexity index is 333. The van der Waals surface area contributed by atoms with Crippen molar-refractivity contribution in [3.8, 4) is 0 Å². The third kappa shape index (κ3) is 6.26. The number of carboxylic acids is 1. The number of carbonyl (C=O) groups is 2. The Balaban J connectivity index is 2.21. The molecule has 0 aromatic rings. The third-order valence-electron chi connectivity index (χ3n) is 4.21. The van der Waals surface area contributed by atoms with Gasteiger partial charge in [-0.25, -0.2) is 4.79 Å². The van der Waals surface area contributed by atoms with Crippen molar-refractivity contribution in [2.24, 2.45) is 17.8 Å². The molecule has 1 aliphatic rings. The zero-order chi connectivity index (χ0) is 15.1. The topological polar surface area (TPSA) is 78.4 Å². The summed E-state index contributed by atoms with van der Waals surface area (Å²) in [4.78, 5) is 22.3. The molecule has 5 heteroatoms. The summed E-state index contributed by atoms with van der Waals surface area (Å²) in [6.07, 6.45) is 4.13. The van der Waals surface area contributed by atoms with Crippen LogP contribution in [0, 0.1) is 17.8 Å². The van der Waals surface area contributed by atoms with Gasteiger partial charge in [0.05, 0.1) is 0 Å². The highest BCUT2D eigenvalue weighted by molar-refractivity contribution is 5.74. The van der Waals surface area contributed by atoms with Crippen LogP contribution in [0.2, 0.25) is 0 Å². The summed E-state index contributed by atoms with van der Waals surface area (Å²) in [6, 6.07) is 0.138. The van der Waals surface area contributed by atoms with Crippen molar-refractivity contribution in [2.45, 2.75) is 58.9 Å². The molecule has 0 spiro atoms. The Morgan fingerprint density at radius 3 is 2.60 bits per heavy atom. The molecular formula is C15H28N2O3. The Labute approximate surface area is 121 Å². The fourth-order valence-corrected chi connectivity index (χ4v) is 2.84. The van der Waals surface area contributed by atoms with E-state index in [0.717, 1.165) is 12.3 Å². The summed E-state index contributed by atoms with van der Waals surface area (Å²) >= 11 is 0. The summed E-state index contributed by atoms with van der Waals surface area (Å²) in [5, 5.41) is 14.5. The Morgan fingerprint density at radius 2 is 2.00 bits per heavy atom. The van der Waals surface area contributed by atoms with E-state index in [0.29, 0.717) is 18.9 Å². The number of carbonyl (C=O) groups excluding carboxylic acids is 1. The molecule has 0 aromatic carbocycles. The SMILES string of the molecule is CC(CCC(=O)O)CNC(=O)NC1CCC(C)CC1C. The first kappa shape index (κ1) is 16.8. The monoisotopic (exact) mass is 284 g/mol. The van der Waals surface area contributed by atoms with Crippen molar-refractivity contribution < 1.29 is 14.7 Å². The number of carboxylic acid groups (broad SMARTS) is 1. The molecule has 0 radical (unpaired) electrons. The lowest BCUT2D eigenvalue weighted by Crippen LogP contribution is -2.47. The zero-order valence-corrected chi connectivity index (χ0v) is 12.8. The molecule has 0 bridgehead atoms. The van der Waals surface area contributed by atoms with Gasteiger partial charge in [0.2, 0.25) is 0 Å². The van der Waals surface area contributed by atoms with E-state index in [-0.39, 0.29) is 24.4 Å². The van der Waals surface area contributed by atoms with Gasteiger partial charge in [-0.15, -0.1) is 0 Å². The lowest BCUT2D eigenvalue weighted by molar-refractivity contribution is -0.137. The van der Waals surface area contributed by atoms with E-state index in [9.17, 15) is 9.59 Å². The van der Waals surface area contributed by atoms with Crippen molar-refractivity contribution in [1.29, 1.82) is 0 Å². The van der Waals surface area contributed by atoms with Gasteiger partial charge in [0.25, 0.3) is 0 Å². The average molecular weight is 284 g/mol. The van der Waals surface area contributed by atoms with E-state index >= 15 is 0 Å². The molecule has 4 atom stereocenters. The summed E-state index contributed by atoms with van der Waals surface area (Å²) in [5.41, 5.74) is 0. The van der Waals surface area contributed by atoms with Crippen molar-refractivity contribution >= 4 is 12.0 Å². The molecule has 0 aliphatic heterocycles. The van der Waals surface area contributed by atoms with Crippen LogP contribution in [-0.2, 0) is 4.79 Å². The van der Waals surface area contributed by atoms with Gasteiger partial charge in [0.1, 0.15) is 0 Å². The van der Waals surface area contributed by atoms with Crippen LogP contribution in [0.3, 0.4) is 0 Å². The standard InChI is InChI=1S/C15H28N2O3/c1-10-4-6-13(12(3)8-10)17-15(20)16-9-11(2)5-7-14(18)19/h10-13H,4-9H2,1-3H3,(H,18,19)(H2,16,17,20). The van der Waals surface area contributed by atoms with E-state index in [1.807, 2.05) is 6.92 Å². The average Bonchev–Trinajstić information content (AvgIpc) is 2.37. The maximum absolute atomic E-state index is 11.8. The summed E-state index contributed by atoms with van der Waals surface area (Å²) in [5.74, 6) is 0.670. The van der Waals surface area contributed by atoms with Crippen LogP contribution in [0.5, 0.6) is 0 Å². The van der Waals surface area contributed by atoms with Gasteiger partial charge in [0, 0.05) is 19.0 Å². The highest BCUT2D eigenvalue weighted by atomic mass is 16.4. The first-order valence-electron chi connectivity index (χ1n) is 7.64. The molecule has 3 N–H and O–H groups in total. The second-order valence-corrected chi connectivity index (χ2v) is 6.39. The fraction of sp³-hybridized carbons (Fsp3) is 0.867. The summed E-state index contributed by atoms with van der Waals surface area (Å²) in [7, 11) is 0. The van der Waals surface area contributed by atoms with Crippen LogP contribution < -0.4 is 10.6 Å². The molecular weight excluding hydrogens is 256 g/mol. The lowest BCUT2D eigenvalue weighted by atomic mass is 9.80. The number of amides is 2. The number of hydrogen-bond donors (Lipinski definition) is 3. The minimum absolute atomic E-state index is 0.126. The van der Waals surface area contributed by atoms with Crippen LogP contribution in [-0.4, -0.2) is 29.7 Å². The molecule has 4 unspecified atom stereocenters. The second kappa shape index (κ2) is 8.12. The molecule has 1 fully saturated rings. The van der Waals surface area contributed by atoms with E-state index in [2.05, 4.69) is 24.5 Å². The van der Waals surface area contributed by atoms with E-state index in [4.69, 9.17) is 5.11 Å². The molecule has 0 aromatic heterocycles. The first-order chi connectivity index (χ1) is 9.38. The minimum atomic E-state index is -0.786. The molecule has 5 nitrogen and oxygen atoms in total. The molecule has 0 saturated heterocycles. The van der Waals surface area contributed by atoms with E-state index < -0.39 is 5.97 Å². The fourth-order valence-electron chi connectivity index (χ4n) is 2.84. The van der Waals surface area contributed by atoms with Crippen LogP contribution in [0.4, 0.5) is 4.79 Å². The quantitative estimate of drug-likeness (QED) is 0.701. The van der Waals surface area contributed by atoms with Crippen LogP contribution in [0.15, 0.2) is 0 Å². The third-order valence-corrected chi connectivity index (χ3v) is 4.21. The summed E-state index contributed by atoms with van der Waals surface area (Å²) < 4.78 is 0. The van der Waals surface area contributed by atoms with Crippen molar-refractivity contribution in [3.63, 3.8) is 0 Å². The predicted molar refractivity (Wildman–Crippen MR) is 78.5 cm³/mol. The number of urea groups is 1. The van der Waals surface area contributed by atoms with Gasteiger partial charge in [-0.3, -0.25) is 4.79 Å². The van der Waals surface area contributed by atoms with Crippen LogP contribution in [0.25, 0.3) is 0 Å². The number of rotatable bonds is 6. The number of hydrogen-bond acceptors (Lipinski definition) is 2. The predicted octanol–water partition coefficient (Wildman–Crippen LogP) is 2.61. The van der Waals surface area contributed by atoms with Gasteiger partial charge in [0.15, 0.2) is 0 Å². The molecule has 1 aliphatic carbocycles. The zero-order valence-electron chi connectivity index (χ0n) is 12.8. The Kier molecular flexibility index (Phi) is 6.82. The van der Waals surface area contributed by atoms with Crippen LogP contribution >= 0.6 is 0 Å². The van der Waals surface area contributed by atoms with E-state index in [1.165, 1.54) is 12.8 Å². The van der Waals surface area contributed by atoms with Gasteiger partial charge < -0.3 is 15.7 Å². The van der Waals surface area contributed by atoms with E-state index in [1.54, 1.807) is 0 Å². The largest absolute Gasteiger partial charge is 0.481 e. The van der Waals surface area contributed by atoms with Crippen molar-refractivity contribution in [1.82, 2.24) is 10.6 Å². The van der Waals surface area contributed by atoms with Gasteiger partial charge in [-0.05, 0) is 43.4 Å². The maximum atomic E-state index is 11.8. The lowest BCUT2D eigenvalue weighted by Gasteiger charge is -2.33. The van der Waals surface area contributed by atoms with Crippen LogP contribution in [0.1, 0.15) is 52.9 Å². The Morgan fingerprint density at radius 1 is 1.30 bits per heavy atom. The normalized spacial score (nSPS) is 27.6. The molecule has 2 amide bonds. The molecule has 1 saturated carbocycles. The maximum Gasteiger partial charge on any atom is 0.315 e. The highest BCUT2D eigenvalue weighted by Crippen LogP contribution is 2.28. The number of aliphatic carboxylic acids is 1. The minimum Gasteiger partial charge on any atom is -0.481 e. The Hall–Kier alpha value is -1.26. The smallest absolute Gasteiger partial charge is 0.315 e. The molecule has 116 valence electrons. The van der Waals surface area contributed by atoms with Gasteiger partial charge >= 0.3 is 12.0 Å². The molecule has 1 rings (SSSR count). The first-order valence-corrected chi connectivity index (χ1v) is 7.64. The van der Waals surface area contributed by atoms with Crippen molar-refractivity contribution in [2.75, 3.05) is 6.54 Å². The molecule has 0 heterocycles. The highest BCUT2D eigenvalue weighted by Gasteiger charge is 2.26.